The molecular formula is C18H17N3O. The smallest absolute Gasteiger partial charge is 0.245 e. The van der Waals surface area contributed by atoms with Gasteiger partial charge >= 0.3 is 0 Å². The third-order valence-electron chi connectivity index (χ3n) is 3.98. The van der Waals surface area contributed by atoms with Crippen molar-refractivity contribution < 1.29 is 4.42 Å². The van der Waals surface area contributed by atoms with Crippen molar-refractivity contribution in [1.82, 2.24) is 9.97 Å². The average molecular weight is 291 g/mol. The SMILES string of the molecule is Cc1cccc(N2CCc3nc(-c4ccccn4)oc3C2)c1. The fourth-order valence-corrected chi connectivity index (χ4v) is 2.84. The Hall–Kier alpha value is -2.62. The van der Waals surface area contributed by atoms with Crippen LogP contribution in [0.5, 0.6) is 0 Å². The molecule has 0 radical (unpaired) electrons. The second kappa shape index (κ2) is 5.30. The molecule has 110 valence electrons. The van der Waals surface area contributed by atoms with Gasteiger partial charge in [0.25, 0.3) is 0 Å². The largest absolute Gasteiger partial charge is 0.438 e. The highest BCUT2D eigenvalue weighted by Crippen LogP contribution is 2.28. The number of hydrogen-bond acceptors (Lipinski definition) is 4. The molecule has 0 saturated carbocycles. The lowest BCUT2D eigenvalue weighted by Crippen LogP contribution is -2.29. The normalized spacial score (nSPS) is 14.0. The maximum Gasteiger partial charge on any atom is 0.245 e. The number of hydrogen-bond donors (Lipinski definition) is 0. The summed E-state index contributed by atoms with van der Waals surface area (Å²) in [5, 5.41) is 0. The first-order chi connectivity index (χ1) is 10.8. The molecule has 3 heterocycles. The van der Waals surface area contributed by atoms with Crippen LogP contribution in [0.3, 0.4) is 0 Å². The molecular weight excluding hydrogens is 274 g/mol. The van der Waals surface area contributed by atoms with E-state index in [1.54, 1.807) is 6.20 Å². The molecule has 0 N–H and O–H groups in total. The summed E-state index contributed by atoms with van der Waals surface area (Å²) in [7, 11) is 0. The standard InChI is InChI=1S/C18H17N3O/c1-13-5-4-6-14(11-13)21-10-8-15-17(12-21)22-18(20-15)16-7-2-3-9-19-16/h2-7,9,11H,8,10,12H2,1H3. The van der Waals surface area contributed by atoms with Gasteiger partial charge in [-0.05, 0) is 36.8 Å². The third kappa shape index (κ3) is 2.37. The van der Waals surface area contributed by atoms with Crippen LogP contribution in [0.2, 0.25) is 0 Å². The Kier molecular flexibility index (Phi) is 3.15. The van der Waals surface area contributed by atoms with Gasteiger partial charge in [-0.3, -0.25) is 4.98 Å². The highest BCUT2D eigenvalue weighted by molar-refractivity contribution is 5.51. The lowest BCUT2D eigenvalue weighted by atomic mass is 10.1. The van der Waals surface area contributed by atoms with Gasteiger partial charge in [0, 0.05) is 24.8 Å². The van der Waals surface area contributed by atoms with E-state index in [9.17, 15) is 0 Å². The summed E-state index contributed by atoms with van der Waals surface area (Å²) in [6.07, 6.45) is 2.66. The number of rotatable bonds is 2. The van der Waals surface area contributed by atoms with Crippen LogP contribution >= 0.6 is 0 Å². The first kappa shape index (κ1) is 13.1. The van der Waals surface area contributed by atoms with Crippen LogP contribution in [0.25, 0.3) is 11.6 Å². The Morgan fingerprint density at radius 1 is 1.14 bits per heavy atom. The van der Waals surface area contributed by atoms with E-state index in [-0.39, 0.29) is 0 Å². The number of nitrogens with zero attached hydrogens (tertiary/aromatic N) is 3. The molecule has 0 spiro atoms. The molecule has 0 saturated heterocycles. The summed E-state index contributed by atoms with van der Waals surface area (Å²) in [6, 6.07) is 14.3. The van der Waals surface area contributed by atoms with Gasteiger partial charge in [-0.1, -0.05) is 18.2 Å². The zero-order chi connectivity index (χ0) is 14.9. The fraction of sp³-hybridized carbons (Fsp3) is 0.222. The Labute approximate surface area is 129 Å². The zero-order valence-electron chi connectivity index (χ0n) is 12.5. The molecule has 0 bridgehead atoms. The highest BCUT2D eigenvalue weighted by Gasteiger charge is 2.23. The van der Waals surface area contributed by atoms with E-state index in [1.165, 1.54) is 11.3 Å². The predicted octanol–water partition coefficient (Wildman–Crippen LogP) is 3.61. The van der Waals surface area contributed by atoms with E-state index in [4.69, 9.17) is 4.42 Å². The summed E-state index contributed by atoms with van der Waals surface area (Å²) in [5.41, 5.74) is 4.36. The molecule has 1 aromatic carbocycles. The zero-order valence-corrected chi connectivity index (χ0v) is 12.5. The Bertz CT molecular complexity index is 795. The van der Waals surface area contributed by atoms with Gasteiger partial charge in [0.1, 0.15) is 11.5 Å². The van der Waals surface area contributed by atoms with Crippen LogP contribution in [0, 0.1) is 6.92 Å². The van der Waals surface area contributed by atoms with Crippen LogP contribution in [-0.4, -0.2) is 16.5 Å². The molecule has 4 nitrogen and oxygen atoms in total. The third-order valence-corrected chi connectivity index (χ3v) is 3.98. The van der Waals surface area contributed by atoms with Gasteiger partial charge in [-0.25, -0.2) is 4.98 Å². The number of oxazole rings is 1. The second-order valence-electron chi connectivity index (χ2n) is 5.61. The second-order valence-corrected chi connectivity index (χ2v) is 5.61. The van der Waals surface area contributed by atoms with E-state index in [2.05, 4.69) is 46.1 Å². The molecule has 0 unspecified atom stereocenters. The number of benzene rings is 1. The number of anilines is 1. The minimum Gasteiger partial charge on any atom is -0.438 e. The van der Waals surface area contributed by atoms with Crippen molar-refractivity contribution in [2.75, 3.05) is 11.4 Å². The lowest BCUT2D eigenvalue weighted by molar-refractivity contribution is 0.494. The van der Waals surface area contributed by atoms with Gasteiger partial charge in [0.05, 0.1) is 12.2 Å². The van der Waals surface area contributed by atoms with Crippen molar-refractivity contribution >= 4 is 5.69 Å². The van der Waals surface area contributed by atoms with Crippen molar-refractivity contribution in [2.24, 2.45) is 0 Å². The molecule has 4 rings (SSSR count). The first-order valence-electron chi connectivity index (χ1n) is 7.51. The molecule has 2 aromatic heterocycles. The van der Waals surface area contributed by atoms with Crippen LogP contribution < -0.4 is 4.90 Å². The molecule has 0 amide bonds. The highest BCUT2D eigenvalue weighted by atomic mass is 16.4. The van der Waals surface area contributed by atoms with Crippen molar-refractivity contribution in [1.29, 1.82) is 0 Å². The van der Waals surface area contributed by atoms with E-state index in [0.717, 1.165) is 36.7 Å². The molecule has 0 atom stereocenters. The van der Waals surface area contributed by atoms with Gasteiger partial charge in [0.2, 0.25) is 5.89 Å². The van der Waals surface area contributed by atoms with Crippen LogP contribution in [-0.2, 0) is 13.0 Å². The van der Waals surface area contributed by atoms with Gasteiger partial charge < -0.3 is 9.32 Å². The summed E-state index contributed by atoms with van der Waals surface area (Å²) < 4.78 is 5.96. The van der Waals surface area contributed by atoms with Gasteiger partial charge in [-0.2, -0.15) is 0 Å². The van der Waals surface area contributed by atoms with Crippen molar-refractivity contribution in [2.45, 2.75) is 19.9 Å². The minimum atomic E-state index is 0.622. The first-order valence-corrected chi connectivity index (χ1v) is 7.51. The molecule has 3 aromatic rings. The average Bonchev–Trinajstić information content (AvgIpc) is 2.99. The van der Waals surface area contributed by atoms with E-state index in [0.29, 0.717) is 5.89 Å². The van der Waals surface area contributed by atoms with E-state index < -0.39 is 0 Å². The molecule has 4 heteroatoms. The van der Waals surface area contributed by atoms with E-state index >= 15 is 0 Å². The summed E-state index contributed by atoms with van der Waals surface area (Å²) in [6.45, 7) is 3.84. The number of fused-ring (bicyclic) bond motifs is 1. The quantitative estimate of drug-likeness (QED) is 0.723. The predicted molar refractivity (Wildman–Crippen MR) is 85.7 cm³/mol. The minimum absolute atomic E-state index is 0.622. The molecule has 22 heavy (non-hydrogen) atoms. The van der Waals surface area contributed by atoms with E-state index in [1.807, 2.05) is 18.2 Å². The summed E-state index contributed by atoms with van der Waals surface area (Å²) in [4.78, 5) is 11.3. The maximum atomic E-state index is 5.96. The fourth-order valence-electron chi connectivity index (χ4n) is 2.84. The van der Waals surface area contributed by atoms with Gasteiger partial charge in [0.15, 0.2) is 0 Å². The van der Waals surface area contributed by atoms with Crippen LogP contribution in [0.1, 0.15) is 17.0 Å². The molecule has 0 fully saturated rings. The monoisotopic (exact) mass is 291 g/mol. The molecule has 1 aliphatic heterocycles. The maximum absolute atomic E-state index is 5.96. The lowest BCUT2D eigenvalue weighted by Gasteiger charge is -2.27. The number of aryl methyl sites for hydroxylation is 1. The van der Waals surface area contributed by atoms with Crippen LogP contribution in [0.4, 0.5) is 5.69 Å². The molecule has 1 aliphatic rings. The Balaban J connectivity index is 1.63. The van der Waals surface area contributed by atoms with Crippen LogP contribution in [0.15, 0.2) is 53.1 Å². The summed E-state index contributed by atoms with van der Waals surface area (Å²) >= 11 is 0. The van der Waals surface area contributed by atoms with Gasteiger partial charge in [-0.15, -0.1) is 0 Å². The Morgan fingerprint density at radius 2 is 2.09 bits per heavy atom. The number of pyridine rings is 1. The summed E-state index contributed by atoms with van der Waals surface area (Å²) in [5.74, 6) is 1.57. The van der Waals surface area contributed by atoms with Crippen molar-refractivity contribution in [3.05, 3.63) is 65.7 Å². The van der Waals surface area contributed by atoms with Crippen molar-refractivity contribution in [3.8, 4) is 11.6 Å². The number of aromatic nitrogens is 2. The van der Waals surface area contributed by atoms with Crippen molar-refractivity contribution in [3.63, 3.8) is 0 Å². The molecule has 0 aliphatic carbocycles. The topological polar surface area (TPSA) is 42.2 Å². The Morgan fingerprint density at radius 3 is 2.91 bits per heavy atom.